The van der Waals surface area contributed by atoms with E-state index in [0.29, 0.717) is 6.42 Å². The van der Waals surface area contributed by atoms with Crippen LogP contribution in [0.25, 0.3) is 0 Å². The van der Waals surface area contributed by atoms with Crippen molar-refractivity contribution in [3.8, 4) is 12.1 Å². The largest absolute Gasteiger partial charge is 0.198 e. The summed E-state index contributed by atoms with van der Waals surface area (Å²) in [4.78, 5) is 0. The molecule has 0 aliphatic rings. The number of hydrogen-bond acceptors (Lipinski definition) is 2. The summed E-state index contributed by atoms with van der Waals surface area (Å²) in [5.74, 6) is 0. The Labute approximate surface area is 90.8 Å². The van der Waals surface area contributed by atoms with Crippen molar-refractivity contribution in [2.24, 2.45) is 0 Å². The Hall–Kier alpha value is -1.80. The minimum absolute atomic E-state index is 0.422. The zero-order valence-corrected chi connectivity index (χ0v) is 9.17. The number of rotatable bonds is 3. The molecule has 0 radical (unpaired) electrons. The summed E-state index contributed by atoms with van der Waals surface area (Å²) in [5.41, 5.74) is 3.93. The van der Waals surface area contributed by atoms with Gasteiger partial charge in [0.1, 0.15) is 0 Å². The van der Waals surface area contributed by atoms with Gasteiger partial charge in [-0.2, -0.15) is 10.5 Å². The van der Waals surface area contributed by atoms with Crippen molar-refractivity contribution in [1.29, 1.82) is 10.5 Å². The number of hydrogen-bond donors (Lipinski definition) is 0. The summed E-state index contributed by atoms with van der Waals surface area (Å²) >= 11 is 0. The molecule has 2 nitrogen and oxygen atoms in total. The molecule has 1 rings (SSSR count). The third-order valence-electron chi connectivity index (χ3n) is 2.52. The molecule has 0 heterocycles. The minimum Gasteiger partial charge on any atom is -0.198 e. The molecule has 0 unspecified atom stereocenters. The number of nitriles is 2. The molecule has 0 amide bonds. The van der Waals surface area contributed by atoms with E-state index in [9.17, 15) is 0 Å². The van der Waals surface area contributed by atoms with Gasteiger partial charge >= 0.3 is 0 Å². The Morgan fingerprint density at radius 2 is 1.60 bits per heavy atom. The van der Waals surface area contributed by atoms with E-state index in [2.05, 4.69) is 12.1 Å². The molecule has 0 bridgehead atoms. The van der Waals surface area contributed by atoms with Crippen LogP contribution in [-0.4, -0.2) is 0 Å². The van der Waals surface area contributed by atoms with E-state index in [0.717, 1.165) is 35.1 Å². The monoisotopic (exact) mass is 198 g/mol. The zero-order chi connectivity index (χ0) is 11.3. The van der Waals surface area contributed by atoms with Crippen molar-refractivity contribution in [2.75, 3.05) is 0 Å². The topological polar surface area (TPSA) is 47.6 Å². The fourth-order valence-electron chi connectivity index (χ4n) is 1.73. The van der Waals surface area contributed by atoms with Crippen LogP contribution in [0.15, 0.2) is 12.1 Å². The molecule has 0 aliphatic heterocycles. The first-order valence-electron chi connectivity index (χ1n) is 5.18. The van der Waals surface area contributed by atoms with E-state index in [1.807, 2.05) is 26.0 Å². The van der Waals surface area contributed by atoms with Crippen LogP contribution in [0.3, 0.4) is 0 Å². The average molecular weight is 198 g/mol. The van der Waals surface area contributed by atoms with Crippen molar-refractivity contribution in [3.05, 3.63) is 34.4 Å². The van der Waals surface area contributed by atoms with Gasteiger partial charge in [0.25, 0.3) is 0 Å². The summed E-state index contributed by atoms with van der Waals surface area (Å²) in [6.07, 6.45) is 2.11. The van der Waals surface area contributed by atoms with Gasteiger partial charge in [0, 0.05) is 0 Å². The SMILES string of the molecule is CCc1cc(CC#N)cc(CC)c1C#N. The lowest BCUT2D eigenvalue weighted by Gasteiger charge is -2.08. The number of nitrogens with zero attached hydrogens (tertiary/aromatic N) is 2. The summed E-state index contributed by atoms with van der Waals surface area (Å²) < 4.78 is 0. The molecular weight excluding hydrogens is 184 g/mol. The van der Waals surface area contributed by atoms with E-state index in [1.165, 1.54) is 0 Å². The summed E-state index contributed by atoms with van der Waals surface area (Å²) in [7, 11) is 0. The molecule has 1 aromatic carbocycles. The van der Waals surface area contributed by atoms with Gasteiger partial charge in [-0.3, -0.25) is 0 Å². The number of benzene rings is 1. The maximum absolute atomic E-state index is 9.07. The fraction of sp³-hybridized carbons (Fsp3) is 0.385. The van der Waals surface area contributed by atoms with Crippen LogP contribution in [0.1, 0.15) is 36.1 Å². The Kier molecular flexibility index (Phi) is 3.89. The molecule has 0 fully saturated rings. The smallest absolute Gasteiger partial charge is 0.0997 e. The lowest BCUT2D eigenvalue weighted by molar-refractivity contribution is 1.05. The first-order chi connectivity index (χ1) is 7.26. The Morgan fingerprint density at radius 1 is 1.07 bits per heavy atom. The van der Waals surface area contributed by atoms with E-state index >= 15 is 0 Å². The molecule has 0 spiro atoms. The van der Waals surface area contributed by atoms with Crippen molar-refractivity contribution < 1.29 is 0 Å². The third-order valence-corrected chi connectivity index (χ3v) is 2.52. The predicted octanol–water partition coefficient (Wildman–Crippen LogP) is 2.75. The van der Waals surface area contributed by atoms with Gasteiger partial charge in [0.15, 0.2) is 0 Å². The molecule has 2 heteroatoms. The highest BCUT2D eigenvalue weighted by Crippen LogP contribution is 2.18. The first kappa shape index (κ1) is 11.3. The second-order valence-electron chi connectivity index (χ2n) is 3.44. The highest BCUT2D eigenvalue weighted by Gasteiger charge is 2.07. The van der Waals surface area contributed by atoms with Crippen molar-refractivity contribution in [1.82, 2.24) is 0 Å². The molecule has 0 saturated carbocycles. The molecule has 0 atom stereocenters. The molecule has 0 aliphatic carbocycles. The molecule has 0 aromatic heterocycles. The van der Waals surface area contributed by atoms with Crippen molar-refractivity contribution >= 4 is 0 Å². The highest BCUT2D eigenvalue weighted by atomic mass is 14.3. The van der Waals surface area contributed by atoms with E-state index < -0.39 is 0 Å². The maximum Gasteiger partial charge on any atom is 0.0997 e. The van der Waals surface area contributed by atoms with E-state index in [4.69, 9.17) is 10.5 Å². The molecule has 0 N–H and O–H groups in total. The standard InChI is InChI=1S/C13H14N2/c1-3-11-7-10(5-6-14)8-12(4-2)13(11)9-15/h7-8H,3-5H2,1-2H3. The van der Waals surface area contributed by atoms with E-state index in [-0.39, 0.29) is 0 Å². The van der Waals surface area contributed by atoms with Gasteiger partial charge in [-0.1, -0.05) is 26.0 Å². The van der Waals surface area contributed by atoms with Gasteiger partial charge in [-0.25, -0.2) is 0 Å². The summed E-state index contributed by atoms with van der Waals surface area (Å²) in [5, 5.41) is 17.7. The van der Waals surface area contributed by atoms with Gasteiger partial charge in [0.2, 0.25) is 0 Å². The zero-order valence-electron chi connectivity index (χ0n) is 9.17. The first-order valence-corrected chi connectivity index (χ1v) is 5.18. The quantitative estimate of drug-likeness (QED) is 0.749. The van der Waals surface area contributed by atoms with Gasteiger partial charge in [0.05, 0.1) is 24.1 Å². The molecular formula is C13H14N2. The van der Waals surface area contributed by atoms with Gasteiger partial charge < -0.3 is 0 Å². The average Bonchev–Trinajstić information content (AvgIpc) is 2.28. The Balaban J connectivity index is 3.32. The van der Waals surface area contributed by atoms with Gasteiger partial charge in [-0.15, -0.1) is 0 Å². The third kappa shape index (κ3) is 2.36. The van der Waals surface area contributed by atoms with Crippen molar-refractivity contribution in [2.45, 2.75) is 33.1 Å². The van der Waals surface area contributed by atoms with Crippen LogP contribution in [0.2, 0.25) is 0 Å². The highest BCUT2D eigenvalue weighted by molar-refractivity contribution is 5.47. The van der Waals surface area contributed by atoms with E-state index in [1.54, 1.807) is 0 Å². The molecule has 0 saturated heterocycles. The molecule has 15 heavy (non-hydrogen) atoms. The Morgan fingerprint density at radius 3 is 1.93 bits per heavy atom. The second kappa shape index (κ2) is 5.17. The lowest BCUT2D eigenvalue weighted by Crippen LogP contribution is -1.97. The Bertz CT molecular complexity index is 408. The summed E-state index contributed by atoms with van der Waals surface area (Å²) in [6, 6.07) is 8.34. The van der Waals surface area contributed by atoms with Crippen LogP contribution in [0.4, 0.5) is 0 Å². The van der Waals surface area contributed by atoms with Crippen molar-refractivity contribution in [3.63, 3.8) is 0 Å². The lowest BCUT2D eigenvalue weighted by atomic mass is 9.94. The fourth-order valence-corrected chi connectivity index (χ4v) is 1.73. The van der Waals surface area contributed by atoms with Crippen LogP contribution in [0, 0.1) is 22.7 Å². The van der Waals surface area contributed by atoms with Crippen LogP contribution < -0.4 is 0 Å². The molecule has 1 aromatic rings. The maximum atomic E-state index is 9.07. The van der Waals surface area contributed by atoms with Crippen LogP contribution >= 0.6 is 0 Å². The predicted molar refractivity (Wildman–Crippen MR) is 59.2 cm³/mol. The van der Waals surface area contributed by atoms with Gasteiger partial charge in [-0.05, 0) is 29.5 Å². The number of aryl methyl sites for hydroxylation is 2. The minimum atomic E-state index is 0.422. The van der Waals surface area contributed by atoms with Crippen LogP contribution in [0.5, 0.6) is 0 Å². The normalized spacial score (nSPS) is 9.33. The van der Waals surface area contributed by atoms with Crippen LogP contribution in [-0.2, 0) is 19.3 Å². The summed E-state index contributed by atoms with van der Waals surface area (Å²) in [6.45, 7) is 4.07. The molecule has 76 valence electrons. The second-order valence-corrected chi connectivity index (χ2v) is 3.44.